The van der Waals surface area contributed by atoms with E-state index < -0.39 is 27.9 Å². The Hall–Kier alpha value is -4.42. The monoisotopic (exact) mass is 606 g/mol. The number of rotatable bonds is 11. The Morgan fingerprint density at radius 3 is 2.28 bits per heavy atom. The summed E-state index contributed by atoms with van der Waals surface area (Å²) >= 11 is 0. The van der Waals surface area contributed by atoms with Gasteiger partial charge in [0, 0.05) is 49.4 Å². The Balaban J connectivity index is 1.21. The van der Waals surface area contributed by atoms with Gasteiger partial charge in [0.25, 0.3) is 5.91 Å². The number of nitrogens with two attached hydrogens (primary N) is 1. The third-order valence-electron chi connectivity index (χ3n) is 7.82. The molecule has 2 amide bonds. The van der Waals surface area contributed by atoms with Crippen molar-refractivity contribution in [3.63, 3.8) is 0 Å². The van der Waals surface area contributed by atoms with E-state index in [0.717, 1.165) is 11.3 Å². The summed E-state index contributed by atoms with van der Waals surface area (Å²) in [7, 11) is -2.39. The van der Waals surface area contributed by atoms with Gasteiger partial charge in [-0.3, -0.25) is 14.4 Å². The molecule has 11 nitrogen and oxygen atoms in total. The lowest BCUT2D eigenvalue weighted by atomic mass is 10.1. The van der Waals surface area contributed by atoms with Crippen LogP contribution in [0.4, 0.5) is 5.69 Å². The van der Waals surface area contributed by atoms with Gasteiger partial charge < -0.3 is 25.0 Å². The van der Waals surface area contributed by atoms with Gasteiger partial charge in [-0.05, 0) is 48.4 Å². The second kappa shape index (κ2) is 12.8. The van der Waals surface area contributed by atoms with E-state index in [9.17, 15) is 22.8 Å². The zero-order valence-corrected chi connectivity index (χ0v) is 24.7. The molecule has 2 aliphatic rings. The molecule has 3 aromatic rings. The third-order valence-corrected chi connectivity index (χ3v) is 9.74. The summed E-state index contributed by atoms with van der Waals surface area (Å²) in [4.78, 5) is 40.6. The first kappa shape index (κ1) is 30.1. The molecular formula is C31H34N4O7S. The molecule has 0 aromatic heterocycles. The van der Waals surface area contributed by atoms with Crippen molar-refractivity contribution in [2.24, 2.45) is 5.73 Å². The maximum Gasteiger partial charge on any atom is 0.305 e. The minimum absolute atomic E-state index is 0.0515. The van der Waals surface area contributed by atoms with Crippen LogP contribution in [0.1, 0.15) is 34.3 Å². The fourth-order valence-corrected chi connectivity index (χ4v) is 6.84. The van der Waals surface area contributed by atoms with Crippen molar-refractivity contribution in [1.82, 2.24) is 9.21 Å². The smallest absolute Gasteiger partial charge is 0.305 e. The summed E-state index contributed by atoms with van der Waals surface area (Å²) in [6.07, 6.45) is -0.000903. The molecule has 0 aliphatic carbocycles. The molecule has 1 atom stereocenters. The molecule has 0 saturated carbocycles. The highest BCUT2D eigenvalue weighted by atomic mass is 32.2. The van der Waals surface area contributed by atoms with E-state index in [1.165, 1.54) is 16.3 Å². The number of amides is 2. The van der Waals surface area contributed by atoms with Gasteiger partial charge >= 0.3 is 5.97 Å². The van der Waals surface area contributed by atoms with Crippen molar-refractivity contribution in [3.8, 4) is 5.75 Å². The second-order valence-corrected chi connectivity index (χ2v) is 12.3. The van der Waals surface area contributed by atoms with Crippen LogP contribution in [0.5, 0.6) is 5.75 Å². The first-order valence-corrected chi connectivity index (χ1v) is 15.4. The molecule has 5 rings (SSSR count). The van der Waals surface area contributed by atoms with Crippen LogP contribution in [-0.2, 0) is 37.5 Å². The number of piperazine rings is 1. The Morgan fingerprint density at radius 2 is 1.63 bits per heavy atom. The second-order valence-electron chi connectivity index (χ2n) is 10.4. The predicted octanol–water partition coefficient (Wildman–Crippen LogP) is 2.54. The zero-order valence-electron chi connectivity index (χ0n) is 23.8. The molecule has 0 bridgehead atoms. The van der Waals surface area contributed by atoms with Crippen LogP contribution in [0.25, 0.3) is 0 Å². The minimum Gasteiger partial charge on any atom is -0.489 e. The summed E-state index contributed by atoms with van der Waals surface area (Å²) in [6, 6.07) is 20.6. The molecule has 1 saturated heterocycles. The van der Waals surface area contributed by atoms with Crippen LogP contribution in [-0.4, -0.2) is 74.7 Å². The molecule has 2 heterocycles. The highest BCUT2D eigenvalue weighted by molar-refractivity contribution is 7.89. The molecule has 1 fully saturated rings. The highest BCUT2D eigenvalue weighted by Gasteiger charge is 2.37. The number of nitrogens with zero attached hydrogens (tertiary/aromatic N) is 3. The van der Waals surface area contributed by atoms with Gasteiger partial charge in [0.15, 0.2) is 0 Å². The lowest BCUT2D eigenvalue weighted by molar-refractivity contribution is -0.141. The van der Waals surface area contributed by atoms with E-state index in [-0.39, 0.29) is 36.8 Å². The van der Waals surface area contributed by atoms with E-state index in [2.05, 4.69) is 9.64 Å². The van der Waals surface area contributed by atoms with Crippen LogP contribution < -0.4 is 15.4 Å². The van der Waals surface area contributed by atoms with Gasteiger partial charge in [0.05, 0.1) is 18.6 Å². The number of ether oxygens (including phenoxy) is 2. The van der Waals surface area contributed by atoms with Gasteiger partial charge in [-0.15, -0.1) is 0 Å². The molecular weight excluding hydrogens is 572 g/mol. The van der Waals surface area contributed by atoms with E-state index in [1.54, 1.807) is 42.5 Å². The number of hydrogen-bond donors (Lipinski definition) is 1. The Labute approximate surface area is 250 Å². The normalized spacial score (nSPS) is 16.1. The predicted molar refractivity (Wildman–Crippen MR) is 159 cm³/mol. The SMILES string of the molecule is COC(=O)CCC(C(N)=O)N1Cc2c(OCc3ccc(S(=O)(=O)N4CCN(c5ccccc5)CC4)cc3)cccc2C1=O. The van der Waals surface area contributed by atoms with Crippen LogP contribution >= 0.6 is 0 Å². The number of para-hydroxylation sites is 1. The van der Waals surface area contributed by atoms with Crippen LogP contribution in [0, 0.1) is 0 Å². The van der Waals surface area contributed by atoms with Gasteiger partial charge in [-0.25, -0.2) is 8.42 Å². The van der Waals surface area contributed by atoms with Crippen molar-refractivity contribution in [3.05, 3.63) is 89.5 Å². The molecule has 2 aliphatic heterocycles. The Morgan fingerprint density at radius 1 is 0.930 bits per heavy atom. The zero-order chi connectivity index (χ0) is 30.6. The number of methoxy groups -OCH3 is 1. The van der Waals surface area contributed by atoms with Crippen molar-refractivity contribution >= 4 is 33.5 Å². The first-order chi connectivity index (χ1) is 20.7. The number of hydrogen-bond acceptors (Lipinski definition) is 8. The minimum atomic E-state index is -3.64. The van der Waals surface area contributed by atoms with Crippen molar-refractivity contribution in [2.45, 2.75) is 36.9 Å². The average Bonchev–Trinajstić information content (AvgIpc) is 3.36. The molecule has 3 aromatic carbocycles. The van der Waals surface area contributed by atoms with Crippen LogP contribution in [0.3, 0.4) is 0 Å². The van der Waals surface area contributed by atoms with Crippen LogP contribution in [0.15, 0.2) is 77.7 Å². The largest absolute Gasteiger partial charge is 0.489 e. The Bertz CT molecular complexity index is 1590. The van der Waals surface area contributed by atoms with Gasteiger partial charge in [0.1, 0.15) is 18.4 Å². The van der Waals surface area contributed by atoms with Crippen LogP contribution in [0.2, 0.25) is 0 Å². The third kappa shape index (κ3) is 6.50. The topological polar surface area (TPSA) is 140 Å². The number of carbonyl (C=O) groups is 3. The number of sulfonamides is 1. The number of benzene rings is 3. The number of fused-ring (bicyclic) bond motifs is 1. The van der Waals surface area contributed by atoms with E-state index in [0.29, 0.717) is 43.1 Å². The van der Waals surface area contributed by atoms with E-state index in [1.807, 2.05) is 30.3 Å². The van der Waals surface area contributed by atoms with Gasteiger partial charge in [-0.1, -0.05) is 36.4 Å². The van der Waals surface area contributed by atoms with Gasteiger partial charge in [-0.2, -0.15) is 4.31 Å². The standard InChI is InChI=1S/C31H34N4O7S/c1-41-29(36)15-14-27(30(32)37)35-20-26-25(31(35)38)8-5-9-28(26)42-21-22-10-12-24(13-11-22)43(39,40)34-18-16-33(17-19-34)23-6-3-2-4-7-23/h2-13,27H,14-21H2,1H3,(H2,32,37). The van der Waals surface area contributed by atoms with E-state index >= 15 is 0 Å². The molecule has 0 radical (unpaired) electrons. The van der Waals surface area contributed by atoms with E-state index in [4.69, 9.17) is 10.5 Å². The summed E-state index contributed by atoms with van der Waals surface area (Å²) in [5.41, 5.74) is 8.42. The lowest BCUT2D eigenvalue weighted by Crippen LogP contribution is -2.48. The first-order valence-electron chi connectivity index (χ1n) is 14.0. The van der Waals surface area contributed by atoms with Crippen molar-refractivity contribution < 1.29 is 32.3 Å². The summed E-state index contributed by atoms with van der Waals surface area (Å²) in [6.45, 7) is 2.27. The number of esters is 1. The fraction of sp³-hybridized carbons (Fsp3) is 0.323. The molecule has 2 N–H and O–H groups in total. The lowest BCUT2D eigenvalue weighted by Gasteiger charge is -2.35. The maximum absolute atomic E-state index is 13.3. The Kier molecular flexibility index (Phi) is 8.97. The average molecular weight is 607 g/mol. The van der Waals surface area contributed by atoms with Gasteiger partial charge in [0.2, 0.25) is 15.9 Å². The highest BCUT2D eigenvalue weighted by Crippen LogP contribution is 2.33. The number of carbonyl (C=O) groups excluding carboxylic acids is 3. The maximum atomic E-state index is 13.3. The summed E-state index contributed by atoms with van der Waals surface area (Å²) in [5.74, 6) is -1.10. The molecule has 0 spiro atoms. The molecule has 226 valence electrons. The number of anilines is 1. The number of primary amides is 1. The van der Waals surface area contributed by atoms with Crippen molar-refractivity contribution in [1.29, 1.82) is 0 Å². The molecule has 1 unspecified atom stereocenters. The fourth-order valence-electron chi connectivity index (χ4n) is 5.41. The summed E-state index contributed by atoms with van der Waals surface area (Å²) in [5, 5.41) is 0. The molecule has 43 heavy (non-hydrogen) atoms. The van der Waals surface area contributed by atoms with Crippen molar-refractivity contribution in [2.75, 3.05) is 38.2 Å². The quantitative estimate of drug-likeness (QED) is 0.329. The summed E-state index contributed by atoms with van der Waals surface area (Å²) < 4.78 is 38.8. The molecule has 12 heteroatoms.